The molecule has 164 valence electrons. The molecule has 0 radical (unpaired) electrons. The third-order valence-electron chi connectivity index (χ3n) is 6.12. The lowest BCUT2D eigenvalue weighted by Gasteiger charge is -2.22. The van der Waals surface area contributed by atoms with Crippen LogP contribution in [-0.2, 0) is 6.67 Å². The molecule has 2 aromatic rings. The van der Waals surface area contributed by atoms with Crippen LogP contribution in [0.3, 0.4) is 0 Å². The third-order valence-corrected chi connectivity index (χ3v) is 6.12. The number of fused-ring (bicyclic) bond motifs is 1. The summed E-state index contributed by atoms with van der Waals surface area (Å²) in [6, 6.07) is 4.41. The Bertz CT molecular complexity index is 675. The molecule has 1 aromatic heterocycles. The van der Waals surface area contributed by atoms with Crippen molar-refractivity contribution in [3.05, 3.63) is 23.3 Å². The summed E-state index contributed by atoms with van der Waals surface area (Å²) in [6.07, 6.45) is 16.2. The highest BCUT2D eigenvalue weighted by molar-refractivity contribution is 5.76. The Hall–Kier alpha value is -1.42. The molecule has 0 bridgehead atoms. The minimum atomic E-state index is 0.864. The van der Waals surface area contributed by atoms with E-state index in [1.807, 2.05) is 0 Å². The summed E-state index contributed by atoms with van der Waals surface area (Å²) < 4.78 is 2.11. The molecule has 1 heterocycles. The van der Waals surface area contributed by atoms with Gasteiger partial charge in [0, 0.05) is 0 Å². The fourth-order valence-corrected chi connectivity index (χ4v) is 4.00. The predicted molar refractivity (Wildman–Crippen MR) is 125 cm³/mol. The van der Waals surface area contributed by atoms with Gasteiger partial charge in [0.05, 0.1) is 12.2 Å². The first-order valence-corrected chi connectivity index (χ1v) is 12.2. The highest BCUT2D eigenvalue weighted by Crippen LogP contribution is 2.18. The molecule has 0 N–H and O–H groups in total. The SMILES string of the molecule is CCCCCCCCN(CCCCCCCC)Cn1nnc2cc(C)c(C)cc21. The number of aromatic nitrogens is 3. The Morgan fingerprint density at radius 2 is 1.24 bits per heavy atom. The van der Waals surface area contributed by atoms with Crippen LogP contribution in [0.4, 0.5) is 0 Å². The molecule has 0 aliphatic heterocycles. The van der Waals surface area contributed by atoms with Gasteiger partial charge < -0.3 is 0 Å². The highest BCUT2D eigenvalue weighted by Gasteiger charge is 2.11. The van der Waals surface area contributed by atoms with Gasteiger partial charge >= 0.3 is 0 Å². The van der Waals surface area contributed by atoms with Gasteiger partial charge in [-0.25, -0.2) is 4.68 Å². The maximum absolute atomic E-state index is 4.48. The molecule has 0 amide bonds. The zero-order valence-corrected chi connectivity index (χ0v) is 19.6. The zero-order chi connectivity index (χ0) is 20.9. The number of unbranched alkanes of at least 4 members (excludes halogenated alkanes) is 10. The molecular formula is C25H44N4. The summed E-state index contributed by atoms with van der Waals surface area (Å²) in [5.74, 6) is 0. The highest BCUT2D eigenvalue weighted by atomic mass is 15.5. The Morgan fingerprint density at radius 1 is 0.724 bits per heavy atom. The van der Waals surface area contributed by atoms with Gasteiger partial charge in [-0.1, -0.05) is 83.3 Å². The van der Waals surface area contributed by atoms with Gasteiger partial charge in [0.25, 0.3) is 0 Å². The summed E-state index contributed by atoms with van der Waals surface area (Å²) in [7, 11) is 0. The van der Waals surface area contributed by atoms with E-state index in [1.54, 1.807) is 0 Å². The summed E-state index contributed by atoms with van der Waals surface area (Å²) in [6.45, 7) is 12.1. The van der Waals surface area contributed by atoms with Crippen LogP contribution in [0, 0.1) is 13.8 Å². The minimum Gasteiger partial charge on any atom is -0.284 e. The van der Waals surface area contributed by atoms with Crippen molar-refractivity contribution < 1.29 is 0 Å². The first-order valence-electron chi connectivity index (χ1n) is 12.2. The maximum Gasteiger partial charge on any atom is 0.113 e. The summed E-state index contributed by atoms with van der Waals surface area (Å²) >= 11 is 0. The van der Waals surface area contributed by atoms with E-state index in [9.17, 15) is 0 Å². The van der Waals surface area contributed by atoms with E-state index < -0.39 is 0 Å². The standard InChI is InChI=1S/C25H44N4/c1-5-7-9-11-13-15-17-28(18-16-14-12-10-8-6-2)21-29-25-20-23(4)22(3)19-24(25)26-27-29/h19-20H,5-18,21H2,1-4H3. The lowest BCUT2D eigenvalue weighted by molar-refractivity contribution is 0.199. The van der Waals surface area contributed by atoms with Crippen LogP contribution in [0.25, 0.3) is 11.0 Å². The van der Waals surface area contributed by atoms with Crippen molar-refractivity contribution in [2.75, 3.05) is 13.1 Å². The lowest BCUT2D eigenvalue weighted by Crippen LogP contribution is -2.29. The van der Waals surface area contributed by atoms with Gasteiger partial charge in [-0.05, 0) is 63.0 Å². The van der Waals surface area contributed by atoms with Crippen LogP contribution < -0.4 is 0 Å². The van der Waals surface area contributed by atoms with Crippen molar-refractivity contribution in [3.63, 3.8) is 0 Å². The molecule has 0 unspecified atom stereocenters. The van der Waals surface area contributed by atoms with Crippen molar-refractivity contribution in [1.82, 2.24) is 19.9 Å². The second kappa shape index (κ2) is 13.7. The Balaban J connectivity index is 1.90. The quantitative estimate of drug-likeness (QED) is 0.284. The number of nitrogens with zero attached hydrogens (tertiary/aromatic N) is 4. The Kier molecular flexibility index (Phi) is 11.3. The van der Waals surface area contributed by atoms with Gasteiger partial charge in [-0.2, -0.15) is 0 Å². The number of rotatable bonds is 16. The Morgan fingerprint density at radius 3 is 1.83 bits per heavy atom. The molecule has 1 aromatic carbocycles. The molecule has 0 atom stereocenters. The van der Waals surface area contributed by atoms with Crippen molar-refractivity contribution in [2.45, 2.75) is 111 Å². The fraction of sp³-hybridized carbons (Fsp3) is 0.760. The van der Waals surface area contributed by atoms with Crippen LogP contribution >= 0.6 is 0 Å². The van der Waals surface area contributed by atoms with Crippen LogP contribution in [-0.4, -0.2) is 33.0 Å². The molecule has 0 aliphatic carbocycles. The van der Waals surface area contributed by atoms with Crippen molar-refractivity contribution >= 4 is 11.0 Å². The summed E-state index contributed by atoms with van der Waals surface area (Å²) in [5, 5.41) is 8.90. The molecule has 0 fully saturated rings. The normalized spacial score (nSPS) is 11.8. The van der Waals surface area contributed by atoms with Gasteiger partial charge in [-0.15, -0.1) is 5.10 Å². The number of hydrogen-bond acceptors (Lipinski definition) is 3. The molecule has 29 heavy (non-hydrogen) atoms. The second-order valence-corrected chi connectivity index (χ2v) is 8.81. The molecule has 0 aliphatic rings. The van der Waals surface area contributed by atoms with E-state index in [2.05, 4.69) is 59.7 Å². The van der Waals surface area contributed by atoms with E-state index in [4.69, 9.17) is 0 Å². The van der Waals surface area contributed by atoms with E-state index in [0.29, 0.717) is 0 Å². The van der Waals surface area contributed by atoms with Gasteiger partial charge in [0.1, 0.15) is 5.52 Å². The van der Waals surface area contributed by atoms with Gasteiger partial charge in [-0.3, -0.25) is 4.90 Å². The van der Waals surface area contributed by atoms with Crippen molar-refractivity contribution in [2.24, 2.45) is 0 Å². The van der Waals surface area contributed by atoms with Crippen LogP contribution in [0.15, 0.2) is 12.1 Å². The number of hydrogen-bond donors (Lipinski definition) is 0. The Labute approximate surface area is 179 Å². The summed E-state index contributed by atoms with van der Waals surface area (Å²) in [5.41, 5.74) is 4.80. The van der Waals surface area contributed by atoms with Crippen LogP contribution in [0.2, 0.25) is 0 Å². The first-order chi connectivity index (χ1) is 14.2. The largest absolute Gasteiger partial charge is 0.284 e. The van der Waals surface area contributed by atoms with E-state index in [-0.39, 0.29) is 0 Å². The van der Waals surface area contributed by atoms with Crippen LogP contribution in [0.5, 0.6) is 0 Å². The van der Waals surface area contributed by atoms with E-state index >= 15 is 0 Å². The molecule has 4 heteroatoms. The molecule has 0 spiro atoms. The molecular weight excluding hydrogens is 356 g/mol. The first kappa shape index (κ1) is 23.9. The average molecular weight is 401 g/mol. The minimum absolute atomic E-state index is 0.864. The molecule has 4 nitrogen and oxygen atoms in total. The molecule has 0 saturated heterocycles. The molecule has 2 rings (SSSR count). The number of aryl methyl sites for hydroxylation is 2. The van der Waals surface area contributed by atoms with E-state index in [1.165, 1.54) is 107 Å². The monoisotopic (exact) mass is 400 g/mol. The van der Waals surface area contributed by atoms with Gasteiger partial charge in [0.15, 0.2) is 0 Å². The smallest absolute Gasteiger partial charge is 0.113 e. The predicted octanol–water partition coefficient (Wildman–Crippen LogP) is 7.03. The molecule has 0 saturated carbocycles. The maximum atomic E-state index is 4.48. The second-order valence-electron chi connectivity index (χ2n) is 8.81. The van der Waals surface area contributed by atoms with Gasteiger partial charge in [0.2, 0.25) is 0 Å². The fourth-order valence-electron chi connectivity index (χ4n) is 4.00. The number of benzene rings is 1. The lowest BCUT2D eigenvalue weighted by atomic mass is 10.1. The van der Waals surface area contributed by atoms with Crippen molar-refractivity contribution in [3.8, 4) is 0 Å². The average Bonchev–Trinajstić information content (AvgIpc) is 3.08. The van der Waals surface area contributed by atoms with Crippen molar-refractivity contribution in [1.29, 1.82) is 0 Å². The third kappa shape index (κ3) is 8.46. The van der Waals surface area contributed by atoms with Crippen LogP contribution in [0.1, 0.15) is 102 Å². The van der Waals surface area contributed by atoms with E-state index in [0.717, 1.165) is 12.2 Å². The summed E-state index contributed by atoms with van der Waals surface area (Å²) in [4.78, 5) is 2.60. The zero-order valence-electron chi connectivity index (χ0n) is 19.6. The topological polar surface area (TPSA) is 34.0 Å².